The minimum atomic E-state index is 0.672. The highest BCUT2D eigenvalue weighted by molar-refractivity contribution is 9.10. The quantitative estimate of drug-likeness (QED) is 0.567. The predicted octanol–water partition coefficient (Wildman–Crippen LogP) is 4.99. The summed E-state index contributed by atoms with van der Waals surface area (Å²) in [5.41, 5.74) is 4.87. The summed E-state index contributed by atoms with van der Waals surface area (Å²) < 4.78 is 1.11. The summed E-state index contributed by atoms with van der Waals surface area (Å²) >= 11 is 8.82. The first-order valence-corrected chi connectivity index (χ1v) is 8.61. The largest absolute Gasteiger partial charge is 0.362 e. The average molecular weight is 377 g/mol. The average Bonchev–Trinajstić information content (AvgIpc) is 2.49. The monoisotopic (exact) mass is 376 g/mol. The van der Waals surface area contributed by atoms with Gasteiger partial charge in [0.05, 0.1) is 0 Å². The zero-order valence-corrected chi connectivity index (χ0v) is 15.4. The lowest BCUT2D eigenvalue weighted by molar-refractivity contribution is 0.777. The van der Waals surface area contributed by atoms with Crippen molar-refractivity contribution in [2.45, 2.75) is 26.7 Å². The normalized spacial score (nSPS) is 10.3. The van der Waals surface area contributed by atoms with E-state index in [1.807, 2.05) is 12.1 Å². The van der Waals surface area contributed by atoms with Crippen molar-refractivity contribution in [3.8, 4) is 0 Å². The van der Waals surface area contributed by atoms with Crippen molar-refractivity contribution in [3.05, 3.63) is 63.6 Å². The van der Waals surface area contributed by atoms with Gasteiger partial charge in [-0.25, -0.2) is 0 Å². The third-order valence-electron chi connectivity index (χ3n) is 3.46. The summed E-state index contributed by atoms with van der Waals surface area (Å²) in [7, 11) is 0. The van der Waals surface area contributed by atoms with Crippen molar-refractivity contribution >= 4 is 38.9 Å². The van der Waals surface area contributed by atoms with E-state index >= 15 is 0 Å². The molecule has 0 amide bonds. The smallest absolute Gasteiger partial charge is 0.170 e. The summed E-state index contributed by atoms with van der Waals surface area (Å²) in [4.78, 5) is 0. The zero-order chi connectivity index (χ0) is 15.9. The van der Waals surface area contributed by atoms with Crippen LogP contribution < -0.4 is 10.6 Å². The number of hydrogen-bond donors (Lipinski definition) is 2. The van der Waals surface area contributed by atoms with E-state index in [-0.39, 0.29) is 0 Å². The van der Waals surface area contributed by atoms with Crippen molar-refractivity contribution < 1.29 is 0 Å². The van der Waals surface area contributed by atoms with Crippen LogP contribution in [0.2, 0.25) is 0 Å². The van der Waals surface area contributed by atoms with Gasteiger partial charge < -0.3 is 10.6 Å². The Morgan fingerprint density at radius 1 is 1.09 bits per heavy atom. The second-order valence-electron chi connectivity index (χ2n) is 5.43. The fourth-order valence-electron chi connectivity index (χ4n) is 2.15. The summed E-state index contributed by atoms with van der Waals surface area (Å²) in [5, 5.41) is 7.14. The van der Waals surface area contributed by atoms with Gasteiger partial charge in [-0.3, -0.25) is 0 Å². The Kier molecular flexibility index (Phi) is 6.40. The molecule has 2 rings (SSSR count). The molecule has 0 atom stereocenters. The second-order valence-corrected chi connectivity index (χ2v) is 6.70. The van der Waals surface area contributed by atoms with Crippen LogP contribution in [0.1, 0.15) is 23.1 Å². The van der Waals surface area contributed by atoms with Crippen molar-refractivity contribution in [1.29, 1.82) is 0 Å². The molecule has 116 valence electrons. The Morgan fingerprint density at radius 3 is 2.50 bits per heavy atom. The lowest BCUT2D eigenvalue weighted by atomic mass is 10.1. The van der Waals surface area contributed by atoms with E-state index in [4.69, 9.17) is 12.2 Å². The van der Waals surface area contributed by atoms with Gasteiger partial charge in [0.25, 0.3) is 0 Å². The number of thiocarbonyl (C=S) groups is 1. The molecular weight excluding hydrogens is 356 g/mol. The molecule has 0 aromatic heterocycles. The van der Waals surface area contributed by atoms with Gasteiger partial charge >= 0.3 is 0 Å². The number of anilines is 1. The Morgan fingerprint density at radius 2 is 1.82 bits per heavy atom. The maximum atomic E-state index is 5.33. The SMILES string of the molecule is Cc1ccc(CCCNC(=S)Nc2ccc(Br)c(C)c2)cc1. The molecule has 0 unspecified atom stereocenters. The standard InChI is InChI=1S/C18H21BrN2S/c1-13-5-7-15(8-6-13)4-3-11-20-18(22)21-16-9-10-17(19)14(2)12-16/h5-10,12H,3-4,11H2,1-2H3,(H2,20,21,22). The molecule has 0 aliphatic carbocycles. The van der Waals surface area contributed by atoms with Gasteiger partial charge in [-0.2, -0.15) is 0 Å². The maximum absolute atomic E-state index is 5.33. The number of aryl methyl sites for hydroxylation is 3. The molecule has 0 saturated heterocycles. The molecule has 2 aromatic carbocycles. The van der Waals surface area contributed by atoms with Crippen LogP contribution in [-0.2, 0) is 6.42 Å². The molecule has 0 saturated carbocycles. The molecule has 2 nitrogen and oxygen atoms in total. The summed E-state index contributed by atoms with van der Waals surface area (Å²) in [5.74, 6) is 0. The fourth-order valence-corrected chi connectivity index (χ4v) is 2.61. The Bertz CT molecular complexity index is 638. The topological polar surface area (TPSA) is 24.1 Å². The fraction of sp³-hybridized carbons (Fsp3) is 0.278. The number of nitrogens with one attached hydrogen (secondary N) is 2. The molecule has 0 heterocycles. The molecule has 0 aliphatic heterocycles. The first-order chi connectivity index (χ1) is 10.5. The van der Waals surface area contributed by atoms with Gasteiger partial charge in [0.1, 0.15) is 0 Å². The van der Waals surface area contributed by atoms with Gasteiger partial charge in [0.15, 0.2) is 5.11 Å². The first kappa shape index (κ1) is 17.0. The van der Waals surface area contributed by atoms with Crippen molar-refractivity contribution in [2.75, 3.05) is 11.9 Å². The van der Waals surface area contributed by atoms with E-state index < -0.39 is 0 Å². The van der Waals surface area contributed by atoms with E-state index in [2.05, 4.69) is 70.7 Å². The molecule has 4 heteroatoms. The Labute approximate surface area is 146 Å². The summed E-state index contributed by atoms with van der Waals surface area (Å²) in [6.45, 7) is 5.04. The van der Waals surface area contributed by atoms with Gasteiger partial charge in [0, 0.05) is 16.7 Å². The van der Waals surface area contributed by atoms with Crippen LogP contribution in [-0.4, -0.2) is 11.7 Å². The van der Waals surface area contributed by atoms with E-state index in [1.54, 1.807) is 0 Å². The van der Waals surface area contributed by atoms with E-state index in [9.17, 15) is 0 Å². The van der Waals surface area contributed by atoms with E-state index in [0.29, 0.717) is 5.11 Å². The molecule has 0 fully saturated rings. The minimum Gasteiger partial charge on any atom is -0.362 e. The van der Waals surface area contributed by atoms with Crippen LogP contribution in [0.15, 0.2) is 46.9 Å². The maximum Gasteiger partial charge on any atom is 0.170 e. The molecule has 0 aliphatic rings. The van der Waals surface area contributed by atoms with Crippen LogP contribution in [0.25, 0.3) is 0 Å². The summed E-state index contributed by atoms with van der Waals surface area (Å²) in [6.07, 6.45) is 2.12. The van der Waals surface area contributed by atoms with Crippen LogP contribution >= 0.6 is 28.1 Å². The number of halogens is 1. The first-order valence-electron chi connectivity index (χ1n) is 7.41. The number of benzene rings is 2. The predicted molar refractivity (Wildman–Crippen MR) is 103 cm³/mol. The highest BCUT2D eigenvalue weighted by atomic mass is 79.9. The molecule has 2 N–H and O–H groups in total. The zero-order valence-electron chi connectivity index (χ0n) is 12.9. The molecule has 0 spiro atoms. The van der Waals surface area contributed by atoms with Crippen molar-refractivity contribution in [1.82, 2.24) is 5.32 Å². The number of rotatable bonds is 5. The highest BCUT2D eigenvalue weighted by Gasteiger charge is 2.00. The third kappa shape index (κ3) is 5.43. The highest BCUT2D eigenvalue weighted by Crippen LogP contribution is 2.19. The van der Waals surface area contributed by atoms with Crippen LogP contribution in [0.3, 0.4) is 0 Å². The molecule has 2 aromatic rings. The lowest BCUT2D eigenvalue weighted by Gasteiger charge is -2.11. The molecule has 0 bridgehead atoms. The second kappa shape index (κ2) is 8.30. The van der Waals surface area contributed by atoms with Gasteiger partial charge in [-0.15, -0.1) is 0 Å². The molecular formula is C18H21BrN2S. The van der Waals surface area contributed by atoms with Crippen LogP contribution in [0.4, 0.5) is 5.69 Å². The Balaban J connectivity index is 1.71. The lowest BCUT2D eigenvalue weighted by Crippen LogP contribution is -2.29. The Hall–Kier alpha value is -1.39. The van der Waals surface area contributed by atoms with Gasteiger partial charge in [0.2, 0.25) is 0 Å². The van der Waals surface area contributed by atoms with Crippen LogP contribution in [0, 0.1) is 13.8 Å². The van der Waals surface area contributed by atoms with Crippen LogP contribution in [0.5, 0.6) is 0 Å². The number of hydrogen-bond acceptors (Lipinski definition) is 1. The van der Waals surface area contributed by atoms with Gasteiger partial charge in [-0.1, -0.05) is 45.8 Å². The van der Waals surface area contributed by atoms with E-state index in [0.717, 1.165) is 29.5 Å². The van der Waals surface area contributed by atoms with E-state index in [1.165, 1.54) is 16.7 Å². The van der Waals surface area contributed by atoms with Crippen molar-refractivity contribution in [2.24, 2.45) is 0 Å². The van der Waals surface area contributed by atoms with Gasteiger partial charge in [-0.05, 0) is 68.2 Å². The van der Waals surface area contributed by atoms with Crippen molar-refractivity contribution in [3.63, 3.8) is 0 Å². The minimum absolute atomic E-state index is 0.672. The summed E-state index contributed by atoms with van der Waals surface area (Å²) in [6, 6.07) is 14.8. The molecule has 0 radical (unpaired) electrons. The molecule has 22 heavy (non-hydrogen) atoms. The third-order valence-corrected chi connectivity index (χ3v) is 4.60.